The Bertz CT molecular complexity index is 563. The van der Waals surface area contributed by atoms with E-state index in [1.165, 1.54) is 11.3 Å². The van der Waals surface area contributed by atoms with Gasteiger partial charge in [0.25, 0.3) is 0 Å². The van der Waals surface area contributed by atoms with Gasteiger partial charge in [-0.05, 0) is 26.0 Å². The smallest absolute Gasteiger partial charge is 0.350 e. The number of aryl methyl sites for hydroxylation is 1. The quantitative estimate of drug-likeness (QED) is 0.859. The molecule has 0 aromatic carbocycles. The van der Waals surface area contributed by atoms with E-state index in [0.717, 1.165) is 10.6 Å². The zero-order chi connectivity index (χ0) is 13.1. The first-order chi connectivity index (χ1) is 8.61. The van der Waals surface area contributed by atoms with E-state index in [4.69, 9.17) is 10.5 Å². The van der Waals surface area contributed by atoms with Crippen molar-refractivity contribution < 1.29 is 9.53 Å². The maximum atomic E-state index is 11.7. The molecule has 0 aliphatic heterocycles. The van der Waals surface area contributed by atoms with Gasteiger partial charge in [-0.15, -0.1) is 11.3 Å². The average Bonchev–Trinajstić information content (AvgIpc) is 2.72. The van der Waals surface area contributed by atoms with E-state index in [-0.39, 0.29) is 5.97 Å². The Labute approximate surface area is 109 Å². The number of anilines is 1. The topological polar surface area (TPSA) is 78.1 Å². The molecular formula is C12H13N3O2S. The molecule has 2 rings (SSSR count). The summed E-state index contributed by atoms with van der Waals surface area (Å²) < 4.78 is 4.97. The Morgan fingerprint density at radius 2 is 2.28 bits per heavy atom. The summed E-state index contributed by atoms with van der Waals surface area (Å²) in [6.07, 6.45) is 1.64. The summed E-state index contributed by atoms with van der Waals surface area (Å²) in [5.74, 6) is 0.125. The SMILES string of the molecule is CCOC(=O)c1sc(-c2ccc(N)nc2)nc1C. The minimum Gasteiger partial charge on any atom is -0.462 e. The second-order valence-corrected chi connectivity index (χ2v) is 4.62. The van der Waals surface area contributed by atoms with Crippen LogP contribution >= 0.6 is 11.3 Å². The fraction of sp³-hybridized carbons (Fsp3) is 0.250. The number of esters is 1. The first kappa shape index (κ1) is 12.5. The van der Waals surface area contributed by atoms with Crippen LogP contribution in [0.3, 0.4) is 0 Å². The molecule has 0 spiro atoms. The molecule has 0 aliphatic carbocycles. The summed E-state index contributed by atoms with van der Waals surface area (Å²) in [7, 11) is 0. The highest BCUT2D eigenvalue weighted by Gasteiger charge is 2.17. The van der Waals surface area contributed by atoms with Gasteiger partial charge in [-0.2, -0.15) is 0 Å². The Hall–Kier alpha value is -1.95. The Kier molecular flexibility index (Phi) is 3.57. The van der Waals surface area contributed by atoms with Gasteiger partial charge in [-0.25, -0.2) is 14.8 Å². The standard InChI is InChI=1S/C12H13N3O2S/c1-3-17-12(16)10-7(2)15-11(18-10)8-4-5-9(13)14-6-8/h4-6H,3H2,1-2H3,(H2,13,14). The molecule has 0 aliphatic rings. The Morgan fingerprint density at radius 3 is 2.89 bits per heavy atom. The molecule has 0 bridgehead atoms. The van der Waals surface area contributed by atoms with E-state index in [1.54, 1.807) is 26.1 Å². The van der Waals surface area contributed by atoms with E-state index in [1.807, 2.05) is 6.07 Å². The van der Waals surface area contributed by atoms with Gasteiger partial charge in [0, 0.05) is 11.8 Å². The lowest BCUT2D eigenvalue weighted by atomic mass is 10.3. The lowest BCUT2D eigenvalue weighted by Crippen LogP contribution is -2.03. The molecule has 2 heterocycles. The minimum atomic E-state index is -0.331. The van der Waals surface area contributed by atoms with Crippen LogP contribution in [0.2, 0.25) is 0 Å². The number of hydrogen-bond acceptors (Lipinski definition) is 6. The van der Waals surface area contributed by atoms with Crippen LogP contribution in [0.4, 0.5) is 5.82 Å². The maximum absolute atomic E-state index is 11.7. The highest BCUT2D eigenvalue weighted by Crippen LogP contribution is 2.28. The molecule has 0 fully saturated rings. The zero-order valence-corrected chi connectivity index (χ0v) is 11.0. The molecule has 2 aromatic rings. The van der Waals surface area contributed by atoms with Crippen LogP contribution in [0, 0.1) is 6.92 Å². The van der Waals surface area contributed by atoms with Gasteiger partial charge in [-0.1, -0.05) is 0 Å². The van der Waals surface area contributed by atoms with Gasteiger partial charge < -0.3 is 10.5 Å². The number of nitrogens with zero attached hydrogens (tertiary/aromatic N) is 2. The minimum absolute atomic E-state index is 0.331. The number of ether oxygens (including phenoxy) is 1. The van der Waals surface area contributed by atoms with E-state index < -0.39 is 0 Å². The summed E-state index contributed by atoms with van der Waals surface area (Å²) in [5.41, 5.74) is 7.04. The number of rotatable bonds is 3. The van der Waals surface area contributed by atoms with Crippen LogP contribution in [-0.4, -0.2) is 22.5 Å². The summed E-state index contributed by atoms with van der Waals surface area (Å²) in [4.78, 5) is 20.6. The number of nitrogens with two attached hydrogens (primary N) is 1. The third-order valence-electron chi connectivity index (χ3n) is 2.29. The van der Waals surface area contributed by atoms with Crippen molar-refractivity contribution in [3.63, 3.8) is 0 Å². The molecule has 0 saturated carbocycles. The second-order valence-electron chi connectivity index (χ2n) is 3.63. The van der Waals surface area contributed by atoms with Gasteiger partial charge in [-0.3, -0.25) is 0 Å². The summed E-state index contributed by atoms with van der Waals surface area (Å²) in [5, 5.41) is 0.739. The molecular weight excluding hydrogens is 250 g/mol. The van der Waals surface area contributed by atoms with Crippen LogP contribution in [0.5, 0.6) is 0 Å². The molecule has 2 aromatic heterocycles. The molecule has 2 N–H and O–H groups in total. The number of aromatic nitrogens is 2. The predicted octanol–water partition coefficient (Wildman–Crippen LogP) is 2.27. The number of hydrogen-bond donors (Lipinski definition) is 1. The molecule has 5 nitrogen and oxygen atoms in total. The number of carbonyl (C=O) groups is 1. The van der Waals surface area contributed by atoms with E-state index in [9.17, 15) is 4.79 Å². The summed E-state index contributed by atoms with van der Waals surface area (Å²) in [6.45, 7) is 3.92. The normalized spacial score (nSPS) is 10.3. The largest absolute Gasteiger partial charge is 0.462 e. The van der Waals surface area contributed by atoms with Crippen LogP contribution in [0.15, 0.2) is 18.3 Å². The van der Waals surface area contributed by atoms with Gasteiger partial charge in [0.05, 0.1) is 12.3 Å². The van der Waals surface area contributed by atoms with Crippen molar-refractivity contribution in [3.05, 3.63) is 28.9 Å². The van der Waals surface area contributed by atoms with E-state index in [2.05, 4.69) is 9.97 Å². The van der Waals surface area contributed by atoms with Crippen molar-refractivity contribution in [2.24, 2.45) is 0 Å². The third kappa shape index (κ3) is 2.48. The number of thiazole rings is 1. The van der Waals surface area contributed by atoms with Crippen molar-refractivity contribution in [3.8, 4) is 10.6 Å². The fourth-order valence-electron chi connectivity index (χ4n) is 1.44. The molecule has 0 radical (unpaired) electrons. The monoisotopic (exact) mass is 263 g/mol. The van der Waals surface area contributed by atoms with Crippen LogP contribution in [0.25, 0.3) is 10.6 Å². The molecule has 0 atom stereocenters. The Morgan fingerprint density at radius 1 is 1.50 bits per heavy atom. The molecule has 0 saturated heterocycles. The lowest BCUT2D eigenvalue weighted by molar-refractivity contribution is 0.0531. The van der Waals surface area contributed by atoms with Crippen molar-refractivity contribution in [1.82, 2.24) is 9.97 Å². The summed E-state index contributed by atoms with van der Waals surface area (Å²) >= 11 is 1.30. The van der Waals surface area contributed by atoms with Gasteiger partial charge in [0.1, 0.15) is 15.7 Å². The van der Waals surface area contributed by atoms with E-state index in [0.29, 0.717) is 23.0 Å². The first-order valence-corrected chi connectivity index (χ1v) is 6.30. The zero-order valence-electron chi connectivity index (χ0n) is 10.1. The van der Waals surface area contributed by atoms with Crippen LogP contribution < -0.4 is 5.73 Å². The highest BCUT2D eigenvalue weighted by atomic mass is 32.1. The first-order valence-electron chi connectivity index (χ1n) is 5.48. The van der Waals surface area contributed by atoms with Gasteiger partial charge in [0.15, 0.2) is 0 Å². The molecule has 0 amide bonds. The number of nitrogen functional groups attached to an aromatic ring is 1. The maximum Gasteiger partial charge on any atom is 0.350 e. The van der Waals surface area contributed by atoms with Crippen molar-refractivity contribution in [1.29, 1.82) is 0 Å². The summed E-state index contributed by atoms with van der Waals surface area (Å²) in [6, 6.07) is 3.53. The predicted molar refractivity (Wildman–Crippen MR) is 70.5 cm³/mol. The molecule has 18 heavy (non-hydrogen) atoms. The van der Waals surface area contributed by atoms with Crippen LogP contribution in [0.1, 0.15) is 22.3 Å². The number of carbonyl (C=O) groups excluding carboxylic acids is 1. The third-order valence-corrected chi connectivity index (χ3v) is 3.48. The van der Waals surface area contributed by atoms with Crippen molar-refractivity contribution in [2.75, 3.05) is 12.3 Å². The van der Waals surface area contributed by atoms with Gasteiger partial charge in [0.2, 0.25) is 0 Å². The molecule has 0 unspecified atom stereocenters. The lowest BCUT2D eigenvalue weighted by Gasteiger charge is -1.97. The average molecular weight is 263 g/mol. The fourth-order valence-corrected chi connectivity index (χ4v) is 2.39. The highest BCUT2D eigenvalue weighted by molar-refractivity contribution is 7.17. The number of pyridine rings is 1. The molecule has 6 heteroatoms. The van der Waals surface area contributed by atoms with Crippen LogP contribution in [-0.2, 0) is 4.74 Å². The van der Waals surface area contributed by atoms with E-state index >= 15 is 0 Å². The Balaban J connectivity index is 2.34. The van der Waals surface area contributed by atoms with Crippen molar-refractivity contribution >= 4 is 23.1 Å². The van der Waals surface area contributed by atoms with Crippen molar-refractivity contribution in [2.45, 2.75) is 13.8 Å². The second kappa shape index (κ2) is 5.14. The van der Waals surface area contributed by atoms with Gasteiger partial charge >= 0.3 is 5.97 Å². The molecule has 94 valence electrons.